The summed E-state index contributed by atoms with van der Waals surface area (Å²) in [7, 11) is -3.77. The summed E-state index contributed by atoms with van der Waals surface area (Å²) >= 11 is 2.12. The minimum absolute atomic E-state index is 0.159. The van der Waals surface area contributed by atoms with Crippen molar-refractivity contribution in [3.8, 4) is 5.75 Å². The van der Waals surface area contributed by atoms with Gasteiger partial charge in [-0.25, -0.2) is 0 Å². The molecule has 2 rings (SSSR count). The molecule has 0 amide bonds. The van der Waals surface area contributed by atoms with Crippen LogP contribution in [0.15, 0.2) is 47.4 Å². The van der Waals surface area contributed by atoms with Crippen LogP contribution in [0.25, 0.3) is 0 Å². The molecule has 0 aromatic heterocycles. The molecule has 2 aromatic rings. The Labute approximate surface area is 126 Å². The molecule has 3 nitrogen and oxygen atoms in total. The number of rotatable bonds is 3. The molecule has 0 unspecified atom stereocenters. The molecule has 2 aromatic carbocycles. The van der Waals surface area contributed by atoms with Crippen molar-refractivity contribution >= 4 is 32.7 Å². The molecule has 0 aliphatic carbocycles. The van der Waals surface area contributed by atoms with Crippen LogP contribution in [0.3, 0.4) is 0 Å². The minimum Gasteiger partial charge on any atom is -0.379 e. The topological polar surface area (TPSA) is 43.4 Å². The van der Waals surface area contributed by atoms with Gasteiger partial charge in [0, 0.05) is 3.57 Å². The number of hydrogen-bond donors (Lipinski definition) is 0. The lowest BCUT2D eigenvalue weighted by Gasteiger charge is -2.08. The zero-order valence-electron chi connectivity index (χ0n) is 10.6. The Hall–Kier alpha value is -1.08. The van der Waals surface area contributed by atoms with Gasteiger partial charge in [0.1, 0.15) is 10.6 Å². The second-order valence-electron chi connectivity index (χ2n) is 4.31. The molecule has 0 aliphatic heterocycles. The standard InChI is InChI=1S/C14H13IO3S/c1-10-7-11(2)9-13(8-10)18-19(16,17)14-5-3-12(15)4-6-14/h3-9H,1-2H3. The maximum Gasteiger partial charge on any atom is 0.339 e. The summed E-state index contributed by atoms with van der Waals surface area (Å²) in [6.07, 6.45) is 0. The molecule has 0 N–H and O–H groups in total. The highest BCUT2D eigenvalue weighted by Crippen LogP contribution is 2.22. The summed E-state index contributed by atoms with van der Waals surface area (Å²) < 4.78 is 30.4. The summed E-state index contributed by atoms with van der Waals surface area (Å²) in [6.45, 7) is 3.80. The van der Waals surface area contributed by atoms with Crippen LogP contribution in [0.5, 0.6) is 5.75 Å². The van der Waals surface area contributed by atoms with E-state index in [0.29, 0.717) is 5.75 Å². The average Bonchev–Trinajstić information content (AvgIpc) is 2.27. The number of aryl methyl sites for hydroxylation is 2. The van der Waals surface area contributed by atoms with Crippen molar-refractivity contribution in [2.24, 2.45) is 0 Å². The second-order valence-corrected chi connectivity index (χ2v) is 7.11. The Kier molecular flexibility index (Phi) is 4.15. The smallest absolute Gasteiger partial charge is 0.339 e. The first-order chi connectivity index (χ1) is 8.87. The van der Waals surface area contributed by atoms with E-state index in [0.717, 1.165) is 14.7 Å². The van der Waals surface area contributed by atoms with Crippen molar-refractivity contribution in [1.29, 1.82) is 0 Å². The van der Waals surface area contributed by atoms with E-state index in [4.69, 9.17) is 4.18 Å². The molecule has 0 atom stereocenters. The Morgan fingerprint density at radius 1 is 0.947 bits per heavy atom. The van der Waals surface area contributed by atoms with Gasteiger partial charge in [-0.2, -0.15) is 8.42 Å². The minimum atomic E-state index is -3.77. The van der Waals surface area contributed by atoms with Gasteiger partial charge in [-0.1, -0.05) is 6.07 Å². The van der Waals surface area contributed by atoms with E-state index in [1.54, 1.807) is 36.4 Å². The van der Waals surface area contributed by atoms with E-state index in [-0.39, 0.29) is 4.90 Å². The van der Waals surface area contributed by atoms with Gasteiger partial charge in [0.15, 0.2) is 0 Å². The van der Waals surface area contributed by atoms with Crippen molar-refractivity contribution in [3.05, 3.63) is 57.2 Å². The first kappa shape index (κ1) is 14.3. The van der Waals surface area contributed by atoms with E-state index in [1.165, 1.54) is 0 Å². The zero-order chi connectivity index (χ0) is 14.0. The maximum atomic E-state index is 12.1. The average molecular weight is 388 g/mol. The van der Waals surface area contributed by atoms with Crippen molar-refractivity contribution in [2.75, 3.05) is 0 Å². The molecule has 19 heavy (non-hydrogen) atoms. The van der Waals surface area contributed by atoms with Crippen molar-refractivity contribution in [2.45, 2.75) is 18.7 Å². The van der Waals surface area contributed by atoms with E-state index < -0.39 is 10.1 Å². The molecule has 0 heterocycles. The van der Waals surface area contributed by atoms with Gasteiger partial charge in [-0.05, 0) is 84.0 Å². The first-order valence-electron chi connectivity index (χ1n) is 5.65. The highest BCUT2D eigenvalue weighted by molar-refractivity contribution is 14.1. The second kappa shape index (κ2) is 5.50. The predicted octanol–water partition coefficient (Wildman–Crippen LogP) is 3.68. The van der Waals surface area contributed by atoms with Gasteiger partial charge in [0.25, 0.3) is 0 Å². The van der Waals surface area contributed by atoms with Crippen LogP contribution in [0.2, 0.25) is 0 Å². The quantitative estimate of drug-likeness (QED) is 0.595. The molecule has 0 saturated carbocycles. The predicted molar refractivity (Wildman–Crippen MR) is 82.9 cm³/mol. The summed E-state index contributed by atoms with van der Waals surface area (Å²) in [4.78, 5) is 0.159. The van der Waals surface area contributed by atoms with E-state index in [2.05, 4.69) is 22.6 Å². The number of halogens is 1. The van der Waals surface area contributed by atoms with Crippen LogP contribution in [-0.2, 0) is 10.1 Å². The highest BCUT2D eigenvalue weighted by atomic mass is 127. The SMILES string of the molecule is Cc1cc(C)cc(OS(=O)(=O)c2ccc(I)cc2)c1. The lowest BCUT2D eigenvalue weighted by Crippen LogP contribution is -2.09. The monoisotopic (exact) mass is 388 g/mol. The van der Waals surface area contributed by atoms with Crippen LogP contribution >= 0.6 is 22.6 Å². The molecule has 0 spiro atoms. The fourth-order valence-electron chi connectivity index (χ4n) is 1.76. The van der Waals surface area contributed by atoms with Crippen LogP contribution in [-0.4, -0.2) is 8.42 Å². The van der Waals surface area contributed by atoms with Crippen LogP contribution in [0.4, 0.5) is 0 Å². The Bertz CT molecular complexity index is 671. The fraction of sp³-hybridized carbons (Fsp3) is 0.143. The van der Waals surface area contributed by atoms with E-state index in [9.17, 15) is 8.42 Å². The molecule has 0 bridgehead atoms. The van der Waals surface area contributed by atoms with E-state index in [1.807, 2.05) is 19.9 Å². The lowest BCUT2D eigenvalue weighted by atomic mass is 10.1. The Morgan fingerprint density at radius 3 is 2.00 bits per heavy atom. The molecular weight excluding hydrogens is 375 g/mol. The summed E-state index contributed by atoms with van der Waals surface area (Å²) in [6, 6.07) is 11.9. The van der Waals surface area contributed by atoms with Crippen LogP contribution < -0.4 is 4.18 Å². The van der Waals surface area contributed by atoms with Crippen molar-refractivity contribution < 1.29 is 12.6 Å². The molecule has 5 heteroatoms. The normalized spacial score (nSPS) is 11.3. The summed E-state index contributed by atoms with van der Waals surface area (Å²) in [5.41, 5.74) is 1.93. The Balaban J connectivity index is 2.33. The molecular formula is C14H13IO3S. The van der Waals surface area contributed by atoms with Gasteiger partial charge >= 0.3 is 10.1 Å². The molecule has 0 saturated heterocycles. The number of hydrogen-bond acceptors (Lipinski definition) is 3. The molecule has 0 fully saturated rings. The lowest BCUT2D eigenvalue weighted by molar-refractivity contribution is 0.485. The largest absolute Gasteiger partial charge is 0.379 e. The highest BCUT2D eigenvalue weighted by Gasteiger charge is 2.16. The van der Waals surface area contributed by atoms with E-state index >= 15 is 0 Å². The zero-order valence-corrected chi connectivity index (χ0v) is 13.5. The fourth-order valence-corrected chi connectivity index (χ4v) is 3.03. The maximum absolute atomic E-state index is 12.1. The summed E-state index contributed by atoms with van der Waals surface area (Å²) in [5, 5.41) is 0. The van der Waals surface area contributed by atoms with Crippen LogP contribution in [0, 0.1) is 17.4 Å². The van der Waals surface area contributed by atoms with Crippen molar-refractivity contribution in [1.82, 2.24) is 0 Å². The third kappa shape index (κ3) is 3.70. The first-order valence-corrected chi connectivity index (χ1v) is 8.14. The van der Waals surface area contributed by atoms with Gasteiger partial charge < -0.3 is 4.18 Å². The third-order valence-corrected chi connectivity index (χ3v) is 4.48. The Morgan fingerprint density at radius 2 is 1.47 bits per heavy atom. The van der Waals surface area contributed by atoms with Gasteiger partial charge in [0.05, 0.1) is 0 Å². The van der Waals surface area contributed by atoms with Gasteiger partial charge in [-0.15, -0.1) is 0 Å². The number of benzene rings is 2. The van der Waals surface area contributed by atoms with Gasteiger partial charge in [0.2, 0.25) is 0 Å². The molecule has 0 aliphatic rings. The molecule has 0 radical (unpaired) electrons. The molecule has 100 valence electrons. The van der Waals surface area contributed by atoms with Crippen molar-refractivity contribution in [3.63, 3.8) is 0 Å². The summed E-state index contributed by atoms with van der Waals surface area (Å²) in [5.74, 6) is 0.344. The van der Waals surface area contributed by atoms with Gasteiger partial charge in [-0.3, -0.25) is 0 Å². The van der Waals surface area contributed by atoms with Crippen LogP contribution in [0.1, 0.15) is 11.1 Å². The third-order valence-electron chi connectivity index (χ3n) is 2.50.